The van der Waals surface area contributed by atoms with Crippen molar-refractivity contribution in [3.63, 3.8) is 0 Å². The highest BCUT2D eigenvalue weighted by Gasteiger charge is 2.41. The SMILES string of the molecule is CCc1ccc2n1P(Oc1cc(C(C)(C)C)cc3c1Oc1c(OC)cc(C(C)(C)C)cc1C3(C)C)n1c(CC)ccc1C2. The molecule has 5 nitrogen and oxygen atoms in total. The lowest BCUT2D eigenvalue weighted by molar-refractivity contribution is 0.348. The Morgan fingerprint density at radius 1 is 0.744 bits per heavy atom. The Morgan fingerprint density at radius 2 is 1.21 bits per heavy atom. The second-order valence-corrected chi connectivity index (χ2v) is 16.1. The summed E-state index contributed by atoms with van der Waals surface area (Å²) in [6, 6.07) is 18.1. The van der Waals surface area contributed by atoms with Crippen LogP contribution in [0.15, 0.2) is 48.5 Å². The lowest BCUT2D eigenvalue weighted by atomic mass is 9.72. The van der Waals surface area contributed by atoms with Gasteiger partial charge >= 0.3 is 8.45 Å². The van der Waals surface area contributed by atoms with Gasteiger partial charge in [0.15, 0.2) is 23.0 Å². The first-order valence-corrected chi connectivity index (χ1v) is 16.8. The van der Waals surface area contributed by atoms with Crippen LogP contribution in [0, 0.1) is 0 Å². The van der Waals surface area contributed by atoms with Crippen molar-refractivity contribution in [3.8, 4) is 23.0 Å². The number of fused-ring (bicyclic) bond motifs is 4. The molecule has 43 heavy (non-hydrogen) atoms. The molecule has 6 heteroatoms. The van der Waals surface area contributed by atoms with Gasteiger partial charge < -0.3 is 14.0 Å². The molecule has 0 amide bonds. The highest BCUT2D eigenvalue weighted by atomic mass is 31.2. The van der Waals surface area contributed by atoms with Crippen molar-refractivity contribution >= 4 is 8.45 Å². The Hall–Kier alpha value is -3.17. The molecule has 2 aromatic heterocycles. The van der Waals surface area contributed by atoms with Gasteiger partial charge in [0, 0.05) is 45.7 Å². The lowest BCUT2D eigenvalue weighted by Gasteiger charge is -2.39. The van der Waals surface area contributed by atoms with Crippen molar-refractivity contribution < 1.29 is 14.0 Å². The minimum absolute atomic E-state index is 0.0271. The number of hydrogen-bond donors (Lipinski definition) is 0. The van der Waals surface area contributed by atoms with E-state index in [9.17, 15) is 0 Å². The van der Waals surface area contributed by atoms with Gasteiger partial charge in [0.05, 0.1) is 7.11 Å². The van der Waals surface area contributed by atoms with Crippen LogP contribution in [-0.4, -0.2) is 15.8 Å². The lowest BCUT2D eigenvalue weighted by Crippen LogP contribution is -2.28. The van der Waals surface area contributed by atoms with Crippen molar-refractivity contribution in [2.24, 2.45) is 0 Å². The standard InChI is InChI=1S/C37H47N2O3P/c1-12-25-14-16-27-22-28-17-15-26(13-2)39(28)43(38(25)27)42-32-21-24(36(6,7)8)19-30-34(32)41-33-29(37(30,9)10)18-23(35(3,4)5)20-31(33)40-11/h14-21H,12-13,22H2,1-11H3. The van der Waals surface area contributed by atoms with E-state index in [1.165, 1.54) is 33.9 Å². The molecule has 0 radical (unpaired) electrons. The van der Waals surface area contributed by atoms with Crippen LogP contribution < -0.4 is 14.0 Å². The maximum absolute atomic E-state index is 7.33. The summed E-state index contributed by atoms with van der Waals surface area (Å²) in [4.78, 5) is 0. The fourth-order valence-corrected chi connectivity index (χ4v) is 8.62. The van der Waals surface area contributed by atoms with Crippen molar-refractivity contribution in [3.05, 3.63) is 93.6 Å². The van der Waals surface area contributed by atoms with Gasteiger partial charge in [0.1, 0.15) is 0 Å². The maximum Gasteiger partial charge on any atom is 0.318 e. The van der Waals surface area contributed by atoms with Crippen LogP contribution in [0.25, 0.3) is 0 Å². The van der Waals surface area contributed by atoms with E-state index < -0.39 is 8.45 Å². The monoisotopic (exact) mass is 598 g/mol. The molecule has 2 aliphatic rings. The zero-order chi connectivity index (χ0) is 31.1. The zero-order valence-electron chi connectivity index (χ0n) is 27.8. The smallest absolute Gasteiger partial charge is 0.318 e. The Labute approximate surface area is 259 Å². The first-order valence-electron chi connectivity index (χ1n) is 15.7. The van der Waals surface area contributed by atoms with Crippen LogP contribution in [0.4, 0.5) is 0 Å². The molecule has 0 saturated heterocycles. The summed E-state index contributed by atoms with van der Waals surface area (Å²) in [6.45, 7) is 22.6. The maximum atomic E-state index is 7.33. The molecule has 0 atom stereocenters. The number of nitrogens with zero attached hydrogens (tertiary/aromatic N) is 2. The van der Waals surface area contributed by atoms with Crippen LogP contribution in [-0.2, 0) is 35.5 Å². The highest BCUT2D eigenvalue weighted by molar-refractivity contribution is 7.50. The molecule has 0 bridgehead atoms. The average molecular weight is 599 g/mol. The molecular formula is C37H47N2O3P. The molecule has 0 fully saturated rings. The molecule has 4 heterocycles. The van der Waals surface area contributed by atoms with E-state index in [1.807, 2.05) is 0 Å². The van der Waals surface area contributed by atoms with Crippen molar-refractivity contribution in [2.45, 2.75) is 105 Å². The molecule has 228 valence electrons. The number of rotatable bonds is 5. The number of aryl methyl sites for hydroxylation is 2. The number of ether oxygens (including phenoxy) is 2. The number of hydrogen-bond acceptors (Lipinski definition) is 3. The van der Waals surface area contributed by atoms with E-state index >= 15 is 0 Å². The van der Waals surface area contributed by atoms with E-state index in [1.54, 1.807) is 7.11 Å². The molecule has 0 aliphatic carbocycles. The Kier molecular flexibility index (Phi) is 7.08. The number of methoxy groups -OCH3 is 1. The third kappa shape index (κ3) is 4.79. The summed E-state index contributed by atoms with van der Waals surface area (Å²) >= 11 is 0. The molecule has 2 aliphatic heterocycles. The summed E-state index contributed by atoms with van der Waals surface area (Å²) < 4.78 is 25.2. The van der Waals surface area contributed by atoms with Gasteiger partial charge in [-0.3, -0.25) is 8.68 Å². The molecule has 6 rings (SSSR count). The van der Waals surface area contributed by atoms with Gasteiger partial charge in [-0.15, -0.1) is 0 Å². The quantitative estimate of drug-likeness (QED) is 0.215. The van der Waals surface area contributed by atoms with Crippen LogP contribution in [0.2, 0.25) is 0 Å². The fraction of sp³-hybridized carbons (Fsp3) is 0.459. The molecule has 0 spiro atoms. The van der Waals surface area contributed by atoms with Crippen molar-refractivity contribution in [1.82, 2.24) is 8.68 Å². The van der Waals surface area contributed by atoms with E-state index in [4.69, 9.17) is 14.0 Å². The third-order valence-electron chi connectivity index (χ3n) is 9.25. The van der Waals surface area contributed by atoms with Gasteiger partial charge in [0.25, 0.3) is 0 Å². The second kappa shape index (κ2) is 10.2. The van der Waals surface area contributed by atoms with Crippen LogP contribution >= 0.6 is 8.45 Å². The highest BCUT2D eigenvalue weighted by Crippen LogP contribution is 2.59. The fourth-order valence-electron chi connectivity index (χ4n) is 6.40. The number of benzene rings is 2. The van der Waals surface area contributed by atoms with Crippen LogP contribution in [0.5, 0.6) is 23.0 Å². The minimum atomic E-state index is -1.23. The van der Waals surface area contributed by atoms with Gasteiger partial charge in [0.2, 0.25) is 0 Å². The Balaban J connectivity index is 1.58. The van der Waals surface area contributed by atoms with Crippen molar-refractivity contribution in [2.75, 3.05) is 7.11 Å². The van der Waals surface area contributed by atoms with Crippen LogP contribution in [0.3, 0.4) is 0 Å². The van der Waals surface area contributed by atoms with Gasteiger partial charge in [-0.2, -0.15) is 0 Å². The molecule has 4 aromatic rings. The van der Waals surface area contributed by atoms with Gasteiger partial charge in [-0.05, 0) is 71.2 Å². The zero-order valence-corrected chi connectivity index (χ0v) is 28.7. The summed E-state index contributed by atoms with van der Waals surface area (Å²) in [6.07, 6.45) is 2.81. The van der Waals surface area contributed by atoms with E-state index in [0.29, 0.717) is 0 Å². The van der Waals surface area contributed by atoms with Crippen molar-refractivity contribution in [1.29, 1.82) is 0 Å². The van der Waals surface area contributed by atoms with Crippen LogP contribution in [0.1, 0.15) is 114 Å². The molecular weight excluding hydrogens is 551 g/mol. The van der Waals surface area contributed by atoms with E-state index in [2.05, 4.69) is 126 Å². The van der Waals surface area contributed by atoms with Gasteiger partial charge in [-0.25, -0.2) is 0 Å². The summed E-state index contributed by atoms with van der Waals surface area (Å²) in [7, 11) is 0.505. The van der Waals surface area contributed by atoms with Gasteiger partial charge in [-0.1, -0.05) is 81.4 Å². The summed E-state index contributed by atoms with van der Waals surface area (Å²) in [5, 5.41) is 0. The Bertz CT molecular complexity index is 1660. The predicted octanol–water partition coefficient (Wildman–Crippen LogP) is 10.1. The third-order valence-corrected chi connectivity index (χ3v) is 11.3. The largest absolute Gasteiger partial charge is 0.493 e. The molecule has 2 aromatic carbocycles. The normalized spacial score (nSPS) is 15.7. The minimum Gasteiger partial charge on any atom is -0.493 e. The average Bonchev–Trinajstić information content (AvgIpc) is 3.55. The summed E-state index contributed by atoms with van der Waals surface area (Å²) in [5.74, 6) is 3.13. The predicted molar refractivity (Wildman–Crippen MR) is 178 cm³/mol. The topological polar surface area (TPSA) is 37.6 Å². The molecule has 0 saturated carbocycles. The second-order valence-electron chi connectivity index (χ2n) is 14.6. The first kappa shape index (κ1) is 29.9. The molecule has 0 N–H and O–H groups in total. The Morgan fingerprint density at radius 3 is 1.65 bits per heavy atom. The number of aromatic nitrogens is 2. The summed E-state index contributed by atoms with van der Waals surface area (Å²) in [5.41, 5.74) is 9.53. The first-order chi connectivity index (χ1) is 20.2. The molecule has 0 unspecified atom stereocenters. The van der Waals surface area contributed by atoms with E-state index in [0.717, 1.165) is 53.4 Å². The van der Waals surface area contributed by atoms with E-state index in [-0.39, 0.29) is 16.2 Å².